The highest BCUT2D eigenvalue weighted by molar-refractivity contribution is 6.12. The lowest BCUT2D eigenvalue weighted by molar-refractivity contribution is 0.102. The summed E-state index contributed by atoms with van der Waals surface area (Å²) in [5.41, 5.74) is 0.703. The summed E-state index contributed by atoms with van der Waals surface area (Å²) >= 11 is 0. The van der Waals surface area contributed by atoms with Crippen LogP contribution in [0.3, 0.4) is 0 Å². The highest BCUT2D eigenvalue weighted by atomic mass is 16.5. The van der Waals surface area contributed by atoms with Gasteiger partial charge in [0.15, 0.2) is 0 Å². The van der Waals surface area contributed by atoms with Crippen LogP contribution in [-0.2, 0) is 0 Å². The second kappa shape index (κ2) is 7.36. The number of pyridine rings is 2. The van der Waals surface area contributed by atoms with Crippen LogP contribution in [-0.4, -0.2) is 22.6 Å². The third kappa shape index (κ3) is 3.12. The van der Waals surface area contributed by atoms with Gasteiger partial charge in [0, 0.05) is 23.2 Å². The first-order valence-electron chi connectivity index (χ1n) is 8.69. The lowest BCUT2D eigenvalue weighted by Gasteiger charge is -2.14. The largest absolute Gasteiger partial charge is 0.495 e. The number of amides is 1. The molecular formula is C22H17N3O3. The molecule has 0 saturated carbocycles. The van der Waals surface area contributed by atoms with Gasteiger partial charge < -0.3 is 10.1 Å². The number of ether oxygens (including phenoxy) is 1. The number of methoxy groups -OCH3 is 1. The number of aromatic nitrogens is 2. The predicted molar refractivity (Wildman–Crippen MR) is 108 cm³/mol. The number of fused-ring (bicyclic) bond motifs is 1. The van der Waals surface area contributed by atoms with Crippen LogP contribution in [0.15, 0.2) is 83.9 Å². The van der Waals surface area contributed by atoms with Crippen molar-refractivity contribution in [3.8, 4) is 11.4 Å². The van der Waals surface area contributed by atoms with Crippen molar-refractivity contribution in [1.29, 1.82) is 0 Å². The molecule has 4 rings (SSSR count). The van der Waals surface area contributed by atoms with Gasteiger partial charge in [-0.1, -0.05) is 36.4 Å². The third-order valence-corrected chi connectivity index (χ3v) is 4.42. The van der Waals surface area contributed by atoms with Crippen LogP contribution in [0.1, 0.15) is 10.4 Å². The summed E-state index contributed by atoms with van der Waals surface area (Å²) in [6.07, 6.45) is 3.14. The van der Waals surface area contributed by atoms with E-state index in [0.29, 0.717) is 33.6 Å². The Morgan fingerprint density at radius 2 is 1.68 bits per heavy atom. The molecule has 0 unspecified atom stereocenters. The van der Waals surface area contributed by atoms with Crippen LogP contribution in [0, 0.1) is 0 Å². The van der Waals surface area contributed by atoms with Crippen LogP contribution in [0.2, 0.25) is 0 Å². The number of para-hydroxylation sites is 2. The molecule has 2 aromatic heterocycles. The maximum atomic E-state index is 13.1. The molecule has 1 N–H and O–H groups in total. The number of carbonyl (C=O) groups excluding carboxylic acids is 1. The zero-order chi connectivity index (χ0) is 19.5. The maximum absolute atomic E-state index is 13.1. The van der Waals surface area contributed by atoms with E-state index >= 15 is 0 Å². The minimum Gasteiger partial charge on any atom is -0.495 e. The first-order valence-corrected chi connectivity index (χ1v) is 8.69. The van der Waals surface area contributed by atoms with Crippen LogP contribution < -0.4 is 15.6 Å². The van der Waals surface area contributed by atoms with Gasteiger partial charge >= 0.3 is 0 Å². The summed E-state index contributed by atoms with van der Waals surface area (Å²) in [7, 11) is 1.54. The number of benzene rings is 2. The van der Waals surface area contributed by atoms with Crippen LogP contribution in [0.5, 0.6) is 5.75 Å². The summed E-state index contributed by atoms with van der Waals surface area (Å²) in [5, 5.41) is 3.80. The zero-order valence-corrected chi connectivity index (χ0v) is 15.1. The van der Waals surface area contributed by atoms with Crippen molar-refractivity contribution >= 4 is 22.5 Å². The summed E-state index contributed by atoms with van der Waals surface area (Å²) in [6, 6.07) is 19.5. The quantitative estimate of drug-likeness (QED) is 0.594. The number of hydrogen-bond acceptors (Lipinski definition) is 4. The molecule has 138 valence electrons. The van der Waals surface area contributed by atoms with Crippen molar-refractivity contribution < 1.29 is 9.53 Å². The first kappa shape index (κ1) is 17.5. The van der Waals surface area contributed by atoms with Gasteiger partial charge in [0.25, 0.3) is 11.5 Å². The molecule has 0 spiro atoms. The molecule has 0 bridgehead atoms. The zero-order valence-electron chi connectivity index (χ0n) is 15.1. The van der Waals surface area contributed by atoms with Gasteiger partial charge in [-0.2, -0.15) is 0 Å². The van der Waals surface area contributed by atoms with Gasteiger partial charge in [0.2, 0.25) is 0 Å². The Kier molecular flexibility index (Phi) is 4.60. The van der Waals surface area contributed by atoms with E-state index in [4.69, 9.17) is 4.74 Å². The van der Waals surface area contributed by atoms with Crippen molar-refractivity contribution in [2.45, 2.75) is 0 Å². The fourth-order valence-electron chi connectivity index (χ4n) is 3.10. The fraction of sp³-hybridized carbons (Fsp3) is 0.0455. The number of carbonyl (C=O) groups is 1. The molecule has 0 fully saturated rings. The smallest absolute Gasteiger partial charge is 0.263 e. The summed E-state index contributed by atoms with van der Waals surface area (Å²) in [4.78, 5) is 30.2. The minimum absolute atomic E-state index is 0.227. The van der Waals surface area contributed by atoms with Crippen LogP contribution >= 0.6 is 0 Å². The molecule has 0 aliphatic rings. The monoisotopic (exact) mass is 371 g/mol. The van der Waals surface area contributed by atoms with Crippen LogP contribution in [0.25, 0.3) is 16.5 Å². The second-order valence-corrected chi connectivity index (χ2v) is 6.10. The molecule has 0 aliphatic carbocycles. The Morgan fingerprint density at radius 3 is 2.43 bits per heavy atom. The number of nitrogens with one attached hydrogen (secondary N) is 1. The molecule has 0 saturated heterocycles. The average Bonchev–Trinajstić information content (AvgIpc) is 2.75. The van der Waals surface area contributed by atoms with E-state index in [2.05, 4.69) is 10.3 Å². The summed E-state index contributed by atoms with van der Waals surface area (Å²) < 4.78 is 6.83. The van der Waals surface area contributed by atoms with Gasteiger partial charge in [0.1, 0.15) is 11.6 Å². The fourth-order valence-corrected chi connectivity index (χ4v) is 3.10. The highest BCUT2D eigenvalue weighted by Gasteiger charge is 2.17. The topological polar surface area (TPSA) is 73.2 Å². The summed E-state index contributed by atoms with van der Waals surface area (Å²) in [5.74, 6) is 0.626. The van der Waals surface area contributed by atoms with E-state index in [1.807, 2.05) is 12.1 Å². The Hall–Kier alpha value is -3.93. The number of nitrogens with zero attached hydrogens (tertiary/aromatic N) is 2. The Balaban J connectivity index is 1.92. The molecular weight excluding hydrogens is 354 g/mol. The third-order valence-electron chi connectivity index (χ3n) is 4.42. The predicted octanol–water partition coefficient (Wildman–Crippen LogP) is 3.65. The lowest BCUT2D eigenvalue weighted by atomic mass is 10.1. The van der Waals surface area contributed by atoms with Crippen molar-refractivity contribution in [2.24, 2.45) is 0 Å². The molecule has 0 aliphatic heterocycles. The van der Waals surface area contributed by atoms with Crippen molar-refractivity contribution in [1.82, 2.24) is 9.55 Å². The normalized spacial score (nSPS) is 10.6. The molecule has 0 radical (unpaired) electrons. The van der Waals surface area contributed by atoms with E-state index in [1.165, 1.54) is 4.57 Å². The van der Waals surface area contributed by atoms with E-state index in [9.17, 15) is 9.59 Å². The molecule has 2 aromatic carbocycles. The van der Waals surface area contributed by atoms with Crippen molar-refractivity contribution in [2.75, 3.05) is 12.4 Å². The van der Waals surface area contributed by atoms with E-state index in [0.717, 1.165) is 0 Å². The van der Waals surface area contributed by atoms with Crippen LogP contribution in [0.4, 0.5) is 5.82 Å². The van der Waals surface area contributed by atoms with Crippen molar-refractivity contribution in [3.05, 3.63) is 95.0 Å². The molecule has 28 heavy (non-hydrogen) atoms. The second-order valence-electron chi connectivity index (χ2n) is 6.10. The molecule has 6 heteroatoms. The van der Waals surface area contributed by atoms with Gasteiger partial charge in [-0.05, 0) is 30.3 Å². The lowest BCUT2D eigenvalue weighted by Crippen LogP contribution is -2.23. The van der Waals surface area contributed by atoms with Gasteiger partial charge in [-0.15, -0.1) is 0 Å². The Morgan fingerprint density at radius 1 is 0.964 bits per heavy atom. The molecule has 0 atom stereocenters. The molecule has 4 aromatic rings. The first-order chi connectivity index (χ1) is 13.7. The van der Waals surface area contributed by atoms with Crippen molar-refractivity contribution in [3.63, 3.8) is 0 Å². The van der Waals surface area contributed by atoms with E-state index in [1.54, 1.807) is 74.1 Å². The standard InChI is InChI=1S/C22H17N3O3/c1-28-19-11-5-4-10-18(19)25-14-17(15-8-2-3-9-16(15)22(25)27)21(26)24-20-12-6-7-13-23-20/h2-14H,1H3,(H,23,24,26). The van der Waals surface area contributed by atoms with E-state index < -0.39 is 0 Å². The number of rotatable bonds is 4. The highest BCUT2D eigenvalue weighted by Crippen LogP contribution is 2.24. The minimum atomic E-state index is -0.349. The maximum Gasteiger partial charge on any atom is 0.263 e. The van der Waals surface area contributed by atoms with E-state index in [-0.39, 0.29) is 11.5 Å². The Bertz CT molecular complexity index is 1220. The summed E-state index contributed by atoms with van der Waals surface area (Å²) in [6.45, 7) is 0. The molecule has 2 heterocycles. The van der Waals surface area contributed by atoms with Gasteiger partial charge in [-0.3, -0.25) is 14.2 Å². The number of anilines is 1. The Labute approximate surface area is 161 Å². The average molecular weight is 371 g/mol. The van der Waals surface area contributed by atoms with Gasteiger partial charge in [-0.25, -0.2) is 4.98 Å². The molecule has 1 amide bonds. The van der Waals surface area contributed by atoms with Gasteiger partial charge in [0.05, 0.1) is 18.4 Å². The SMILES string of the molecule is COc1ccccc1-n1cc(C(=O)Nc2ccccn2)c2ccccc2c1=O. The number of hydrogen-bond donors (Lipinski definition) is 1. The molecule has 6 nitrogen and oxygen atoms in total.